The largest absolute Gasteiger partial charge is 0.384 e. The Labute approximate surface area is 81.6 Å². The first-order valence-electron chi connectivity index (χ1n) is 4.30. The van der Waals surface area contributed by atoms with Gasteiger partial charge in [0.05, 0.1) is 5.56 Å². The molecule has 0 aliphatic heterocycles. The van der Waals surface area contributed by atoms with Gasteiger partial charge in [-0.15, -0.1) is 0 Å². The van der Waals surface area contributed by atoms with E-state index in [2.05, 4.69) is 5.32 Å². The van der Waals surface area contributed by atoms with Gasteiger partial charge >= 0.3 is 0 Å². The molecule has 0 aliphatic carbocycles. The average Bonchev–Trinajstić information content (AvgIpc) is 2.02. The zero-order valence-corrected chi connectivity index (χ0v) is 8.14. The highest BCUT2D eigenvalue weighted by Gasteiger charge is 2.29. The fourth-order valence-corrected chi connectivity index (χ4v) is 1.44. The predicted molar refractivity (Wildman–Crippen MR) is 49.9 cm³/mol. The monoisotopic (exact) mass is 201 g/mol. The van der Waals surface area contributed by atoms with Crippen molar-refractivity contribution in [2.45, 2.75) is 12.5 Å². The Morgan fingerprint density at radius 3 is 2.29 bits per heavy atom. The summed E-state index contributed by atoms with van der Waals surface area (Å²) in [5, 5.41) is 12.5. The van der Waals surface area contributed by atoms with Crippen LogP contribution in [-0.4, -0.2) is 18.7 Å². The Hall–Kier alpha value is -1.00. The molecule has 0 fully saturated rings. The quantitative estimate of drug-likeness (QED) is 0.774. The maximum Gasteiger partial charge on any atom is 0.132 e. The molecule has 1 rings (SSSR count). The molecular weight excluding hydrogens is 188 g/mol. The second kappa shape index (κ2) is 4.02. The molecule has 1 unspecified atom stereocenters. The van der Waals surface area contributed by atoms with Gasteiger partial charge in [0, 0.05) is 6.54 Å². The first-order valence-corrected chi connectivity index (χ1v) is 4.30. The minimum Gasteiger partial charge on any atom is -0.384 e. The molecule has 2 nitrogen and oxygen atoms in total. The van der Waals surface area contributed by atoms with E-state index >= 15 is 0 Å². The molecule has 1 aromatic rings. The highest BCUT2D eigenvalue weighted by molar-refractivity contribution is 5.25. The summed E-state index contributed by atoms with van der Waals surface area (Å²) in [5.41, 5.74) is -1.83. The molecule has 1 atom stereocenters. The Morgan fingerprint density at radius 1 is 1.36 bits per heavy atom. The highest BCUT2D eigenvalue weighted by atomic mass is 19.1. The van der Waals surface area contributed by atoms with E-state index in [4.69, 9.17) is 0 Å². The third-order valence-electron chi connectivity index (χ3n) is 2.02. The second-order valence-electron chi connectivity index (χ2n) is 3.40. The van der Waals surface area contributed by atoms with E-state index < -0.39 is 17.2 Å². The molecule has 0 saturated heterocycles. The van der Waals surface area contributed by atoms with E-state index in [-0.39, 0.29) is 12.1 Å². The molecular formula is C10H13F2NO. The Balaban J connectivity index is 3.17. The van der Waals surface area contributed by atoms with Gasteiger partial charge < -0.3 is 10.4 Å². The fraction of sp³-hybridized carbons (Fsp3) is 0.400. The van der Waals surface area contributed by atoms with Gasteiger partial charge in [0.15, 0.2) is 0 Å². The van der Waals surface area contributed by atoms with Crippen molar-refractivity contribution >= 4 is 0 Å². The summed E-state index contributed by atoms with van der Waals surface area (Å²) in [6.45, 7) is 1.45. The van der Waals surface area contributed by atoms with Crippen LogP contribution in [0.2, 0.25) is 0 Å². The topological polar surface area (TPSA) is 32.3 Å². The zero-order chi connectivity index (χ0) is 10.8. The van der Waals surface area contributed by atoms with E-state index in [0.717, 1.165) is 12.1 Å². The standard InChI is InChI=1S/C10H13F2NO/c1-10(14,6-13-2)9-7(11)4-3-5-8(9)12/h3-5,13-14H,6H2,1-2H3. The van der Waals surface area contributed by atoms with E-state index in [1.54, 1.807) is 7.05 Å². The lowest BCUT2D eigenvalue weighted by molar-refractivity contribution is 0.0514. The normalized spacial score (nSPS) is 15.2. The molecule has 0 saturated carbocycles. The van der Waals surface area contributed by atoms with Gasteiger partial charge in [-0.3, -0.25) is 0 Å². The van der Waals surface area contributed by atoms with Crippen LogP contribution in [0.1, 0.15) is 12.5 Å². The number of halogens is 2. The number of aliphatic hydroxyl groups is 1. The summed E-state index contributed by atoms with van der Waals surface area (Å²) in [6.07, 6.45) is 0. The first-order chi connectivity index (χ1) is 6.49. The van der Waals surface area contributed by atoms with Crippen molar-refractivity contribution in [1.82, 2.24) is 5.32 Å². The van der Waals surface area contributed by atoms with E-state index in [1.165, 1.54) is 13.0 Å². The molecule has 0 aliphatic rings. The van der Waals surface area contributed by atoms with Crippen molar-refractivity contribution in [2.75, 3.05) is 13.6 Å². The van der Waals surface area contributed by atoms with Gasteiger partial charge in [-0.25, -0.2) is 8.78 Å². The summed E-state index contributed by atoms with van der Waals surface area (Å²) in [7, 11) is 1.60. The molecule has 1 aromatic carbocycles. The third kappa shape index (κ3) is 2.08. The Kier molecular flexibility index (Phi) is 3.18. The summed E-state index contributed by atoms with van der Waals surface area (Å²) in [6, 6.07) is 3.52. The van der Waals surface area contributed by atoms with Crippen molar-refractivity contribution in [1.29, 1.82) is 0 Å². The van der Waals surface area contributed by atoms with Gasteiger partial charge in [-0.05, 0) is 26.1 Å². The molecule has 0 bridgehead atoms. The van der Waals surface area contributed by atoms with Gasteiger partial charge in [0.1, 0.15) is 17.2 Å². The molecule has 4 heteroatoms. The molecule has 78 valence electrons. The van der Waals surface area contributed by atoms with Crippen LogP contribution in [0.4, 0.5) is 8.78 Å². The van der Waals surface area contributed by atoms with E-state index in [9.17, 15) is 13.9 Å². The Bertz CT molecular complexity index is 306. The lowest BCUT2D eigenvalue weighted by Crippen LogP contribution is -2.35. The van der Waals surface area contributed by atoms with Gasteiger partial charge in [-0.2, -0.15) is 0 Å². The van der Waals surface area contributed by atoms with E-state index in [0.29, 0.717) is 0 Å². The lowest BCUT2D eigenvalue weighted by atomic mass is 9.95. The van der Waals surface area contributed by atoms with Crippen LogP contribution < -0.4 is 5.32 Å². The van der Waals surface area contributed by atoms with Crippen molar-refractivity contribution < 1.29 is 13.9 Å². The van der Waals surface area contributed by atoms with Crippen LogP contribution in [0.25, 0.3) is 0 Å². The van der Waals surface area contributed by atoms with E-state index in [1.807, 2.05) is 0 Å². The first kappa shape index (κ1) is 11.1. The van der Waals surface area contributed by atoms with Crippen LogP contribution in [0.5, 0.6) is 0 Å². The zero-order valence-electron chi connectivity index (χ0n) is 8.14. The Morgan fingerprint density at radius 2 is 1.86 bits per heavy atom. The maximum absolute atomic E-state index is 13.2. The summed E-state index contributed by atoms with van der Waals surface area (Å²) < 4.78 is 26.5. The molecule has 0 spiro atoms. The average molecular weight is 201 g/mol. The molecule has 0 heterocycles. The predicted octanol–water partition coefficient (Wildman–Crippen LogP) is 1.39. The van der Waals surface area contributed by atoms with Crippen LogP contribution in [-0.2, 0) is 5.60 Å². The summed E-state index contributed by atoms with van der Waals surface area (Å²) >= 11 is 0. The second-order valence-corrected chi connectivity index (χ2v) is 3.40. The fourth-order valence-electron chi connectivity index (χ4n) is 1.44. The van der Waals surface area contributed by atoms with Crippen LogP contribution in [0, 0.1) is 11.6 Å². The molecule has 14 heavy (non-hydrogen) atoms. The minimum absolute atomic E-state index is 0.0881. The van der Waals surface area contributed by atoms with Crippen LogP contribution in [0.3, 0.4) is 0 Å². The maximum atomic E-state index is 13.2. The van der Waals surface area contributed by atoms with Crippen LogP contribution in [0.15, 0.2) is 18.2 Å². The SMILES string of the molecule is CNCC(C)(O)c1c(F)cccc1F. The van der Waals surface area contributed by atoms with Crippen molar-refractivity contribution in [3.05, 3.63) is 35.4 Å². The molecule has 0 radical (unpaired) electrons. The van der Waals surface area contributed by atoms with Crippen LogP contribution >= 0.6 is 0 Å². The van der Waals surface area contributed by atoms with Gasteiger partial charge in [0.2, 0.25) is 0 Å². The lowest BCUT2D eigenvalue weighted by Gasteiger charge is -2.24. The molecule has 0 aromatic heterocycles. The number of likely N-dealkylation sites (N-methyl/N-ethyl adjacent to an activating group) is 1. The molecule has 2 N–H and O–H groups in total. The number of hydrogen-bond donors (Lipinski definition) is 2. The third-order valence-corrected chi connectivity index (χ3v) is 2.02. The number of rotatable bonds is 3. The number of hydrogen-bond acceptors (Lipinski definition) is 2. The minimum atomic E-state index is -1.54. The highest BCUT2D eigenvalue weighted by Crippen LogP contribution is 2.25. The van der Waals surface area contributed by atoms with Crippen molar-refractivity contribution in [2.24, 2.45) is 0 Å². The molecule has 0 amide bonds. The van der Waals surface area contributed by atoms with Crippen molar-refractivity contribution in [3.8, 4) is 0 Å². The smallest absolute Gasteiger partial charge is 0.132 e. The van der Waals surface area contributed by atoms with Gasteiger partial charge in [0.25, 0.3) is 0 Å². The summed E-state index contributed by atoms with van der Waals surface area (Å²) in [5.74, 6) is -1.46. The number of benzene rings is 1. The number of nitrogens with one attached hydrogen (secondary N) is 1. The van der Waals surface area contributed by atoms with Gasteiger partial charge in [-0.1, -0.05) is 6.07 Å². The summed E-state index contributed by atoms with van der Waals surface area (Å²) in [4.78, 5) is 0. The van der Waals surface area contributed by atoms with Crippen molar-refractivity contribution in [3.63, 3.8) is 0 Å².